The number of rotatable bonds is 14. The molecule has 0 fully saturated rings. The number of unbranched alkanes of at least 4 members (excludes halogenated alkanes) is 1. The zero-order valence-corrected chi connectivity index (χ0v) is 34.4. The van der Waals surface area contributed by atoms with Crippen molar-refractivity contribution in [3.05, 3.63) is 168 Å². The number of nitrogens with one attached hydrogen (secondary N) is 3. The molecule has 1 atom stereocenters. The second-order valence-corrected chi connectivity index (χ2v) is 15.9. The van der Waals surface area contributed by atoms with E-state index < -0.39 is 35.1 Å². The summed E-state index contributed by atoms with van der Waals surface area (Å²) in [5.41, 5.74) is 10.9. The molecule has 0 unspecified atom stereocenters. The van der Waals surface area contributed by atoms with Crippen molar-refractivity contribution >= 4 is 51.3 Å². The summed E-state index contributed by atoms with van der Waals surface area (Å²) < 4.78 is 7.75. The average molecular weight is 802 g/mol. The zero-order valence-electron chi connectivity index (χ0n) is 34.4. The number of carbonyl (C=O) groups is 3. The minimum absolute atomic E-state index is 0.377. The number of benzene rings is 5. The number of nitrogen functional groups attached to an aromatic ring is 1. The van der Waals surface area contributed by atoms with Gasteiger partial charge in [0.25, 0.3) is 0 Å². The molecule has 306 valence electrons. The van der Waals surface area contributed by atoms with E-state index in [0.717, 1.165) is 63.8 Å². The van der Waals surface area contributed by atoms with E-state index in [1.54, 1.807) is 20.8 Å². The number of hydrogen-bond acceptors (Lipinski definition) is 7. The maximum Gasteiger partial charge on any atom is 0.408 e. The molecule has 11 nitrogen and oxygen atoms in total. The average Bonchev–Trinajstić information content (AvgIpc) is 3.61. The van der Waals surface area contributed by atoms with Gasteiger partial charge in [-0.15, -0.1) is 0 Å². The van der Waals surface area contributed by atoms with Gasteiger partial charge in [0.15, 0.2) is 5.82 Å². The molecule has 0 aliphatic rings. The van der Waals surface area contributed by atoms with Crippen molar-refractivity contribution in [1.29, 1.82) is 0 Å². The number of imidazole rings is 1. The Morgan fingerprint density at radius 1 is 0.750 bits per heavy atom. The first-order valence-corrected chi connectivity index (χ1v) is 20.4. The molecule has 0 saturated carbocycles. The smallest absolute Gasteiger partial charge is 0.408 e. The number of nitrogens with zero attached hydrogens (tertiary/aromatic N) is 3. The first-order valence-electron chi connectivity index (χ1n) is 20.4. The Morgan fingerprint density at radius 3 is 1.88 bits per heavy atom. The summed E-state index contributed by atoms with van der Waals surface area (Å²) in [5, 5.41) is 9.86. The van der Waals surface area contributed by atoms with Crippen molar-refractivity contribution in [2.75, 3.05) is 11.1 Å². The van der Waals surface area contributed by atoms with E-state index in [1.807, 2.05) is 140 Å². The molecule has 11 heteroatoms. The molecule has 0 saturated heterocycles. The van der Waals surface area contributed by atoms with Crippen molar-refractivity contribution in [3.63, 3.8) is 0 Å². The number of hydrogen-bond donors (Lipinski definition) is 4. The molecule has 5 N–H and O–H groups in total. The quantitative estimate of drug-likeness (QED) is 0.0802. The van der Waals surface area contributed by atoms with E-state index in [-0.39, 0.29) is 6.42 Å². The Morgan fingerprint density at radius 2 is 1.32 bits per heavy atom. The number of anilines is 2. The largest absolute Gasteiger partial charge is 0.444 e. The highest BCUT2D eigenvalue weighted by Crippen LogP contribution is 2.37. The monoisotopic (exact) mass is 801 g/mol. The van der Waals surface area contributed by atoms with E-state index in [1.165, 1.54) is 0 Å². The Labute approximate surface area is 350 Å². The number of para-hydroxylation sites is 1. The van der Waals surface area contributed by atoms with Gasteiger partial charge in [-0.05, 0) is 67.6 Å². The fraction of sp³-hybridized carbons (Fsp3) is 0.245. The molecule has 7 rings (SSSR count). The van der Waals surface area contributed by atoms with Crippen LogP contribution < -0.4 is 21.7 Å². The normalized spacial score (nSPS) is 12.2. The van der Waals surface area contributed by atoms with Gasteiger partial charge in [-0.25, -0.2) is 14.8 Å². The molecule has 0 bridgehead atoms. The molecule has 3 amide bonds. The third-order valence-electron chi connectivity index (χ3n) is 10.3. The highest BCUT2D eigenvalue weighted by Gasteiger charge is 2.39. The summed E-state index contributed by atoms with van der Waals surface area (Å²) in [6.07, 6.45) is 1.59. The van der Waals surface area contributed by atoms with Gasteiger partial charge in [-0.1, -0.05) is 135 Å². The van der Waals surface area contributed by atoms with E-state index in [4.69, 9.17) is 15.5 Å². The number of pyridine rings is 1. The van der Waals surface area contributed by atoms with Gasteiger partial charge in [0.1, 0.15) is 28.5 Å². The minimum Gasteiger partial charge on any atom is -0.444 e. The van der Waals surface area contributed by atoms with Crippen LogP contribution in [0.3, 0.4) is 0 Å². The molecule has 5 aromatic carbocycles. The van der Waals surface area contributed by atoms with Gasteiger partial charge in [0.05, 0.1) is 17.5 Å². The van der Waals surface area contributed by atoms with Gasteiger partial charge in [0, 0.05) is 24.0 Å². The Bertz CT molecular complexity index is 2490. The van der Waals surface area contributed by atoms with Crippen LogP contribution in [0.2, 0.25) is 0 Å². The molecule has 0 aliphatic carbocycles. The van der Waals surface area contributed by atoms with E-state index in [2.05, 4.69) is 32.4 Å². The van der Waals surface area contributed by atoms with Crippen molar-refractivity contribution in [1.82, 2.24) is 25.2 Å². The van der Waals surface area contributed by atoms with Gasteiger partial charge in [0.2, 0.25) is 11.8 Å². The number of aromatic nitrogens is 3. The fourth-order valence-corrected chi connectivity index (χ4v) is 7.59. The maximum absolute atomic E-state index is 14.4. The molecule has 2 heterocycles. The lowest BCUT2D eigenvalue weighted by atomic mass is 9.77. The SMILES string of the molecule is CCCCc1nc2c(N)nc3ccccc3c2n1Cc1ccc(NC(=O)[C@H](CC(=O)NC(c2ccccc2)(c2ccccc2)c2ccccc2)NC(=O)OC(C)(C)C)cc1. The third kappa shape index (κ3) is 9.15. The standard InChI is InChI=1S/C49H51N7O4/c1-5-6-26-41-54-43-44(38-24-16-17-25-39(38)52-45(43)50)56(41)32-33-27-29-37(30-28-33)51-46(58)40(53-47(59)60-48(2,3)4)31-42(57)55-49(34-18-10-7-11-19-34,35-20-12-8-13-21-35)36-22-14-9-15-23-36/h7-25,27-30,40H,5-6,26,31-32H2,1-4H3,(H2,50,52)(H,51,58)(H,53,59)(H,55,57)/t40-/m0/s1. The van der Waals surface area contributed by atoms with Crippen LogP contribution in [-0.2, 0) is 32.8 Å². The van der Waals surface area contributed by atoms with E-state index in [9.17, 15) is 14.4 Å². The van der Waals surface area contributed by atoms with Gasteiger partial charge >= 0.3 is 6.09 Å². The molecule has 2 aromatic heterocycles. The number of carbonyl (C=O) groups excluding carboxylic acids is 3. The Balaban J connectivity index is 1.16. The van der Waals surface area contributed by atoms with Crippen LogP contribution in [-0.4, -0.2) is 44.1 Å². The van der Waals surface area contributed by atoms with Gasteiger partial charge < -0.3 is 31.0 Å². The van der Waals surface area contributed by atoms with Gasteiger partial charge in [-0.2, -0.15) is 0 Å². The number of aryl methyl sites for hydroxylation is 1. The molecule has 0 radical (unpaired) electrons. The predicted octanol–water partition coefficient (Wildman–Crippen LogP) is 8.89. The van der Waals surface area contributed by atoms with Crippen LogP contribution in [0.1, 0.15) is 75.0 Å². The second kappa shape index (κ2) is 17.9. The molecule has 0 spiro atoms. The van der Waals surface area contributed by atoms with Crippen LogP contribution in [0.5, 0.6) is 0 Å². The van der Waals surface area contributed by atoms with E-state index >= 15 is 0 Å². The highest BCUT2D eigenvalue weighted by atomic mass is 16.6. The molecular formula is C49H51N7O4. The van der Waals surface area contributed by atoms with Crippen LogP contribution in [0, 0.1) is 0 Å². The number of fused-ring (bicyclic) bond motifs is 3. The van der Waals surface area contributed by atoms with Crippen LogP contribution in [0.4, 0.5) is 16.3 Å². The van der Waals surface area contributed by atoms with Gasteiger partial charge in [-0.3, -0.25) is 9.59 Å². The fourth-order valence-electron chi connectivity index (χ4n) is 7.59. The number of alkyl carbamates (subject to hydrolysis) is 1. The number of amides is 3. The Hall–Kier alpha value is -7.01. The second-order valence-electron chi connectivity index (χ2n) is 15.9. The lowest BCUT2D eigenvalue weighted by Crippen LogP contribution is -2.52. The van der Waals surface area contributed by atoms with E-state index in [0.29, 0.717) is 23.6 Å². The summed E-state index contributed by atoms with van der Waals surface area (Å²) in [6.45, 7) is 7.87. The number of ether oxygens (including phenoxy) is 1. The lowest BCUT2D eigenvalue weighted by molar-refractivity contribution is -0.126. The summed E-state index contributed by atoms with van der Waals surface area (Å²) >= 11 is 0. The minimum atomic E-state index is -1.29. The first kappa shape index (κ1) is 41.2. The molecular weight excluding hydrogens is 751 g/mol. The topological polar surface area (TPSA) is 153 Å². The van der Waals surface area contributed by atoms with Crippen molar-refractivity contribution in [3.8, 4) is 0 Å². The van der Waals surface area contributed by atoms with Crippen molar-refractivity contribution in [2.45, 2.75) is 77.1 Å². The summed E-state index contributed by atoms with van der Waals surface area (Å²) in [4.78, 5) is 51.3. The maximum atomic E-state index is 14.4. The molecule has 0 aliphatic heterocycles. The van der Waals surface area contributed by atoms with Crippen LogP contribution in [0.25, 0.3) is 21.9 Å². The van der Waals surface area contributed by atoms with Crippen molar-refractivity contribution < 1.29 is 19.1 Å². The highest BCUT2D eigenvalue weighted by molar-refractivity contribution is 6.06. The number of nitrogens with two attached hydrogens (primary N) is 1. The van der Waals surface area contributed by atoms with Crippen LogP contribution in [0.15, 0.2) is 140 Å². The predicted molar refractivity (Wildman–Crippen MR) is 237 cm³/mol. The van der Waals surface area contributed by atoms with Crippen molar-refractivity contribution in [2.24, 2.45) is 0 Å². The first-order chi connectivity index (χ1) is 28.9. The Kier molecular flexibility index (Phi) is 12.3. The van der Waals surface area contributed by atoms with Crippen LogP contribution >= 0.6 is 0 Å². The summed E-state index contributed by atoms with van der Waals surface area (Å²) in [5.74, 6) is 0.282. The lowest BCUT2D eigenvalue weighted by Gasteiger charge is -2.37. The molecule has 60 heavy (non-hydrogen) atoms. The molecule has 7 aromatic rings. The summed E-state index contributed by atoms with van der Waals surface area (Å²) in [6, 6.07) is 43.2. The third-order valence-corrected chi connectivity index (χ3v) is 10.3. The zero-order chi connectivity index (χ0) is 42.3. The summed E-state index contributed by atoms with van der Waals surface area (Å²) in [7, 11) is 0.